The summed E-state index contributed by atoms with van der Waals surface area (Å²) in [5.74, 6) is 1.13. The number of azo groups is 1. The molecule has 0 radical (unpaired) electrons. The van der Waals surface area contributed by atoms with Crippen molar-refractivity contribution in [2.75, 3.05) is 6.54 Å². The number of allylic oxidation sites excluding steroid dienone is 1. The lowest BCUT2D eigenvalue weighted by Gasteiger charge is -2.09. The summed E-state index contributed by atoms with van der Waals surface area (Å²) < 4.78 is 0. The molecular weight excluding hydrogens is 172 g/mol. The molecule has 0 saturated carbocycles. The van der Waals surface area contributed by atoms with Crippen LogP contribution in [0, 0.1) is 11.8 Å². The van der Waals surface area contributed by atoms with Gasteiger partial charge in [-0.2, -0.15) is 10.2 Å². The van der Waals surface area contributed by atoms with Gasteiger partial charge in [0.05, 0.1) is 12.2 Å². The quantitative estimate of drug-likeness (QED) is 0.615. The van der Waals surface area contributed by atoms with E-state index in [1.807, 2.05) is 13.8 Å². The fraction of sp³-hybridized carbons (Fsp3) is 0.833. The highest BCUT2D eigenvalue weighted by Crippen LogP contribution is 2.27. The molecule has 0 aromatic rings. The standard InChI is InChI=1S/C9H16N2.C2H6.CH4/c1-6(2)8-5-10-11-9(8)7(3)4;1-2;/h6-7H,5H2,1-4H3;1-2H3;1H4. The van der Waals surface area contributed by atoms with E-state index in [0.717, 1.165) is 6.54 Å². The minimum atomic E-state index is 0. The van der Waals surface area contributed by atoms with E-state index < -0.39 is 0 Å². The lowest BCUT2D eigenvalue weighted by Crippen LogP contribution is -2.01. The van der Waals surface area contributed by atoms with Crippen LogP contribution in [0.25, 0.3) is 0 Å². The van der Waals surface area contributed by atoms with Gasteiger partial charge in [0, 0.05) is 0 Å². The van der Waals surface area contributed by atoms with E-state index in [9.17, 15) is 0 Å². The van der Waals surface area contributed by atoms with E-state index in [2.05, 4.69) is 37.9 Å². The zero-order chi connectivity index (χ0) is 10.4. The predicted molar refractivity (Wildman–Crippen MR) is 64.5 cm³/mol. The molecular formula is C12H26N2. The molecule has 1 heterocycles. The lowest BCUT2D eigenvalue weighted by atomic mass is 9.97. The Morgan fingerprint density at radius 3 is 1.79 bits per heavy atom. The molecule has 0 aliphatic carbocycles. The Morgan fingerprint density at radius 2 is 1.50 bits per heavy atom. The molecule has 14 heavy (non-hydrogen) atoms. The Balaban J connectivity index is 0. The van der Waals surface area contributed by atoms with Gasteiger partial charge in [0.25, 0.3) is 0 Å². The first-order valence-electron chi connectivity index (χ1n) is 5.23. The van der Waals surface area contributed by atoms with E-state index in [4.69, 9.17) is 0 Å². The highest BCUT2D eigenvalue weighted by Gasteiger charge is 2.17. The van der Waals surface area contributed by atoms with Crippen molar-refractivity contribution < 1.29 is 0 Å². The Hall–Kier alpha value is -0.660. The minimum Gasteiger partial charge on any atom is -0.184 e. The summed E-state index contributed by atoms with van der Waals surface area (Å²) in [7, 11) is 0. The average Bonchev–Trinajstić information content (AvgIpc) is 2.55. The fourth-order valence-electron chi connectivity index (χ4n) is 1.30. The maximum atomic E-state index is 4.14. The summed E-state index contributed by atoms with van der Waals surface area (Å²) in [6, 6.07) is 0. The van der Waals surface area contributed by atoms with Gasteiger partial charge in [0.1, 0.15) is 0 Å². The second kappa shape index (κ2) is 7.72. The Kier molecular flexibility index (Phi) is 8.71. The smallest absolute Gasteiger partial charge is 0.0837 e. The van der Waals surface area contributed by atoms with Gasteiger partial charge < -0.3 is 0 Å². The summed E-state index contributed by atoms with van der Waals surface area (Å²) in [6.45, 7) is 13.6. The van der Waals surface area contributed by atoms with Crippen molar-refractivity contribution >= 4 is 0 Å². The third-order valence-electron chi connectivity index (χ3n) is 1.99. The van der Waals surface area contributed by atoms with Crippen LogP contribution in [0.15, 0.2) is 21.5 Å². The maximum absolute atomic E-state index is 4.14. The first-order chi connectivity index (χ1) is 6.13. The minimum absolute atomic E-state index is 0. The molecule has 0 N–H and O–H groups in total. The summed E-state index contributed by atoms with van der Waals surface area (Å²) in [5.41, 5.74) is 2.63. The summed E-state index contributed by atoms with van der Waals surface area (Å²) in [4.78, 5) is 0. The Bertz CT molecular complexity index is 200. The monoisotopic (exact) mass is 198 g/mol. The van der Waals surface area contributed by atoms with Crippen LogP contribution in [0.3, 0.4) is 0 Å². The molecule has 0 atom stereocenters. The van der Waals surface area contributed by atoms with Crippen LogP contribution in [0.4, 0.5) is 0 Å². The molecule has 0 fully saturated rings. The molecule has 0 amide bonds. The average molecular weight is 198 g/mol. The number of hydrogen-bond acceptors (Lipinski definition) is 2. The van der Waals surface area contributed by atoms with Crippen molar-refractivity contribution in [3.63, 3.8) is 0 Å². The highest BCUT2D eigenvalue weighted by molar-refractivity contribution is 5.21. The van der Waals surface area contributed by atoms with Crippen LogP contribution in [-0.2, 0) is 0 Å². The number of nitrogens with zero attached hydrogens (tertiary/aromatic N) is 2. The lowest BCUT2D eigenvalue weighted by molar-refractivity contribution is 0.695. The second-order valence-electron chi connectivity index (χ2n) is 3.62. The van der Waals surface area contributed by atoms with Gasteiger partial charge in [0.2, 0.25) is 0 Å². The topological polar surface area (TPSA) is 24.7 Å². The molecule has 1 aliphatic heterocycles. The van der Waals surface area contributed by atoms with Crippen molar-refractivity contribution in [3.05, 3.63) is 11.3 Å². The molecule has 0 aromatic heterocycles. The molecule has 2 nitrogen and oxygen atoms in total. The molecule has 0 saturated heterocycles. The van der Waals surface area contributed by atoms with Gasteiger partial charge in [-0.25, -0.2) is 0 Å². The summed E-state index contributed by atoms with van der Waals surface area (Å²) in [6.07, 6.45) is 0. The molecule has 0 bridgehead atoms. The van der Waals surface area contributed by atoms with Crippen LogP contribution in [0.2, 0.25) is 0 Å². The molecule has 1 aliphatic rings. The van der Waals surface area contributed by atoms with Gasteiger partial charge in [-0.3, -0.25) is 0 Å². The van der Waals surface area contributed by atoms with E-state index in [0.29, 0.717) is 11.8 Å². The SMILES string of the molecule is C.CC.CC(C)C1=C(C(C)C)N=NC1. The van der Waals surface area contributed by atoms with Crippen molar-refractivity contribution in [2.24, 2.45) is 22.1 Å². The molecule has 0 unspecified atom stereocenters. The predicted octanol–water partition coefficient (Wildman–Crippen LogP) is 4.68. The molecule has 1 rings (SSSR count). The van der Waals surface area contributed by atoms with E-state index in [1.165, 1.54) is 11.3 Å². The fourth-order valence-corrected chi connectivity index (χ4v) is 1.30. The molecule has 0 aromatic carbocycles. The second-order valence-corrected chi connectivity index (χ2v) is 3.62. The van der Waals surface area contributed by atoms with E-state index >= 15 is 0 Å². The zero-order valence-corrected chi connectivity index (χ0v) is 9.76. The number of hydrogen-bond donors (Lipinski definition) is 0. The first kappa shape index (κ1) is 15.8. The van der Waals surface area contributed by atoms with Crippen molar-refractivity contribution in [2.45, 2.75) is 49.0 Å². The van der Waals surface area contributed by atoms with Crippen LogP contribution in [0.1, 0.15) is 49.0 Å². The Morgan fingerprint density at radius 1 is 1.00 bits per heavy atom. The first-order valence-corrected chi connectivity index (χ1v) is 5.23. The van der Waals surface area contributed by atoms with Crippen LogP contribution < -0.4 is 0 Å². The van der Waals surface area contributed by atoms with Crippen molar-refractivity contribution in [1.29, 1.82) is 0 Å². The number of rotatable bonds is 2. The van der Waals surface area contributed by atoms with Crippen LogP contribution in [0.5, 0.6) is 0 Å². The zero-order valence-electron chi connectivity index (χ0n) is 9.76. The van der Waals surface area contributed by atoms with Crippen LogP contribution in [-0.4, -0.2) is 6.54 Å². The van der Waals surface area contributed by atoms with E-state index in [-0.39, 0.29) is 7.43 Å². The van der Waals surface area contributed by atoms with Crippen molar-refractivity contribution in [1.82, 2.24) is 0 Å². The van der Waals surface area contributed by atoms with Crippen molar-refractivity contribution in [3.8, 4) is 0 Å². The highest BCUT2D eigenvalue weighted by atomic mass is 15.1. The van der Waals surface area contributed by atoms with Gasteiger partial charge in [-0.05, 0) is 17.4 Å². The van der Waals surface area contributed by atoms with E-state index in [1.54, 1.807) is 0 Å². The maximum Gasteiger partial charge on any atom is 0.0837 e. The van der Waals surface area contributed by atoms with Crippen LogP contribution >= 0.6 is 0 Å². The third-order valence-corrected chi connectivity index (χ3v) is 1.99. The van der Waals surface area contributed by atoms with Gasteiger partial charge in [0.15, 0.2) is 0 Å². The molecule has 84 valence electrons. The summed E-state index contributed by atoms with van der Waals surface area (Å²) in [5, 5.41) is 8.18. The molecule has 0 spiro atoms. The van der Waals surface area contributed by atoms with Gasteiger partial charge in [-0.15, -0.1) is 0 Å². The largest absolute Gasteiger partial charge is 0.184 e. The Labute approximate surface area is 89.5 Å². The normalized spacial score (nSPS) is 14.3. The molecule has 2 heteroatoms. The van der Waals surface area contributed by atoms with Gasteiger partial charge >= 0.3 is 0 Å². The summed E-state index contributed by atoms with van der Waals surface area (Å²) >= 11 is 0. The third kappa shape index (κ3) is 4.03. The van der Waals surface area contributed by atoms with Gasteiger partial charge in [-0.1, -0.05) is 49.0 Å².